The van der Waals surface area contributed by atoms with Gasteiger partial charge in [-0.05, 0) is 64.1 Å². The number of benzene rings is 1. The van der Waals surface area contributed by atoms with Gasteiger partial charge in [0.05, 0.1) is 7.11 Å². The third-order valence-corrected chi connectivity index (χ3v) is 5.19. The Kier molecular flexibility index (Phi) is 8.23. The lowest BCUT2D eigenvalue weighted by Crippen LogP contribution is -2.46. The third-order valence-electron chi connectivity index (χ3n) is 5.19. The van der Waals surface area contributed by atoms with E-state index in [4.69, 9.17) is 4.74 Å². The van der Waals surface area contributed by atoms with Crippen molar-refractivity contribution in [2.24, 2.45) is 10.9 Å². The predicted octanol–water partition coefficient (Wildman–Crippen LogP) is 2.83. The monoisotopic (exact) mass is 360 g/mol. The zero-order valence-corrected chi connectivity index (χ0v) is 17.1. The van der Waals surface area contributed by atoms with Gasteiger partial charge in [-0.25, -0.2) is 0 Å². The number of aliphatic imine (C=N–C) groups is 1. The van der Waals surface area contributed by atoms with Gasteiger partial charge in [0.1, 0.15) is 5.75 Å². The van der Waals surface area contributed by atoms with Crippen molar-refractivity contribution in [2.45, 2.75) is 46.1 Å². The summed E-state index contributed by atoms with van der Waals surface area (Å²) in [4.78, 5) is 6.95. The molecule has 2 rings (SSSR count). The molecule has 1 saturated heterocycles. The van der Waals surface area contributed by atoms with Gasteiger partial charge in [0, 0.05) is 32.7 Å². The number of nitrogens with zero attached hydrogens (tertiary/aromatic N) is 2. The van der Waals surface area contributed by atoms with Gasteiger partial charge < -0.3 is 20.3 Å². The van der Waals surface area contributed by atoms with Gasteiger partial charge in [-0.1, -0.05) is 17.7 Å². The van der Waals surface area contributed by atoms with E-state index in [1.165, 1.54) is 37.1 Å². The van der Waals surface area contributed by atoms with E-state index in [2.05, 4.69) is 53.4 Å². The van der Waals surface area contributed by atoms with Crippen LogP contribution >= 0.6 is 0 Å². The van der Waals surface area contributed by atoms with E-state index >= 15 is 0 Å². The number of hydrogen-bond acceptors (Lipinski definition) is 3. The normalized spacial score (nSPS) is 18.8. The van der Waals surface area contributed by atoms with Gasteiger partial charge in [-0.2, -0.15) is 0 Å². The molecule has 1 atom stereocenters. The maximum atomic E-state index is 5.46. The van der Waals surface area contributed by atoms with Crippen LogP contribution in [0, 0.1) is 12.8 Å². The maximum Gasteiger partial charge on any atom is 0.190 e. The zero-order valence-electron chi connectivity index (χ0n) is 17.1. The number of hydrogen-bond donors (Lipinski definition) is 2. The molecule has 5 nitrogen and oxygen atoms in total. The Balaban J connectivity index is 1.77. The van der Waals surface area contributed by atoms with Crippen molar-refractivity contribution < 1.29 is 4.74 Å². The smallest absolute Gasteiger partial charge is 0.190 e. The third kappa shape index (κ3) is 6.20. The minimum Gasteiger partial charge on any atom is -0.496 e. The van der Waals surface area contributed by atoms with E-state index in [0.29, 0.717) is 12.0 Å². The van der Waals surface area contributed by atoms with Gasteiger partial charge in [0.25, 0.3) is 0 Å². The van der Waals surface area contributed by atoms with Crippen molar-refractivity contribution in [3.8, 4) is 5.75 Å². The van der Waals surface area contributed by atoms with E-state index in [1.54, 1.807) is 7.11 Å². The van der Waals surface area contributed by atoms with Crippen molar-refractivity contribution in [3.63, 3.8) is 0 Å². The lowest BCUT2D eigenvalue weighted by atomic mass is 9.97. The Labute approximate surface area is 159 Å². The molecule has 1 fully saturated rings. The fraction of sp³-hybridized carbons (Fsp3) is 0.667. The van der Waals surface area contributed by atoms with Crippen LogP contribution in [0.2, 0.25) is 0 Å². The average Bonchev–Trinajstić information content (AvgIpc) is 2.65. The fourth-order valence-corrected chi connectivity index (χ4v) is 3.61. The molecule has 1 unspecified atom stereocenters. The summed E-state index contributed by atoms with van der Waals surface area (Å²) in [6.07, 6.45) is 3.51. The highest BCUT2D eigenvalue weighted by Crippen LogP contribution is 2.20. The van der Waals surface area contributed by atoms with E-state index in [1.807, 2.05) is 13.1 Å². The largest absolute Gasteiger partial charge is 0.496 e. The molecular formula is C21H36N4O. The van der Waals surface area contributed by atoms with Crippen LogP contribution in [0.4, 0.5) is 0 Å². The Morgan fingerprint density at radius 2 is 2.15 bits per heavy atom. The second-order valence-corrected chi connectivity index (χ2v) is 7.54. The van der Waals surface area contributed by atoms with Crippen LogP contribution in [0.25, 0.3) is 0 Å². The highest BCUT2D eigenvalue weighted by Gasteiger charge is 2.21. The van der Waals surface area contributed by atoms with Crippen LogP contribution in [0.1, 0.15) is 37.8 Å². The lowest BCUT2D eigenvalue weighted by molar-refractivity contribution is 0.141. The second-order valence-electron chi connectivity index (χ2n) is 7.54. The van der Waals surface area contributed by atoms with Crippen molar-refractivity contribution in [3.05, 3.63) is 29.3 Å². The van der Waals surface area contributed by atoms with E-state index < -0.39 is 0 Å². The summed E-state index contributed by atoms with van der Waals surface area (Å²) in [5.41, 5.74) is 2.49. The number of piperidine rings is 1. The number of nitrogens with one attached hydrogen (secondary N) is 2. The Morgan fingerprint density at radius 3 is 2.85 bits per heavy atom. The quantitative estimate of drug-likeness (QED) is 0.580. The number of ether oxygens (including phenoxy) is 1. The summed E-state index contributed by atoms with van der Waals surface area (Å²) in [6.45, 7) is 10.9. The topological polar surface area (TPSA) is 48.9 Å². The summed E-state index contributed by atoms with van der Waals surface area (Å²) >= 11 is 0. The summed E-state index contributed by atoms with van der Waals surface area (Å²) in [7, 11) is 3.57. The van der Waals surface area contributed by atoms with Crippen LogP contribution in [0.15, 0.2) is 23.2 Å². The van der Waals surface area contributed by atoms with E-state index in [9.17, 15) is 0 Å². The van der Waals surface area contributed by atoms with Crippen molar-refractivity contribution >= 4 is 5.96 Å². The molecule has 1 aromatic carbocycles. The van der Waals surface area contributed by atoms with Crippen molar-refractivity contribution in [1.82, 2.24) is 15.5 Å². The molecule has 5 heteroatoms. The lowest BCUT2D eigenvalue weighted by Gasteiger charge is -2.35. The Hall–Kier alpha value is -1.75. The number of methoxy groups -OCH3 is 1. The van der Waals surface area contributed by atoms with E-state index in [0.717, 1.165) is 31.2 Å². The summed E-state index contributed by atoms with van der Waals surface area (Å²) in [5.74, 6) is 2.54. The first-order valence-electron chi connectivity index (χ1n) is 9.85. The number of rotatable bonds is 7. The molecule has 0 radical (unpaired) electrons. The van der Waals surface area contributed by atoms with Crippen molar-refractivity contribution in [1.29, 1.82) is 0 Å². The van der Waals surface area contributed by atoms with Gasteiger partial charge in [-0.15, -0.1) is 0 Å². The van der Waals surface area contributed by atoms with Crippen molar-refractivity contribution in [2.75, 3.05) is 40.3 Å². The highest BCUT2D eigenvalue weighted by molar-refractivity contribution is 5.79. The van der Waals surface area contributed by atoms with Crippen LogP contribution < -0.4 is 15.4 Å². The molecular weight excluding hydrogens is 324 g/mol. The van der Waals surface area contributed by atoms with E-state index in [-0.39, 0.29) is 0 Å². The molecule has 0 aliphatic carbocycles. The predicted molar refractivity (Wildman–Crippen MR) is 110 cm³/mol. The van der Waals surface area contributed by atoms with Crippen LogP contribution in [0.5, 0.6) is 5.75 Å². The molecule has 1 aliphatic heterocycles. The molecule has 146 valence electrons. The highest BCUT2D eigenvalue weighted by atomic mass is 16.5. The molecule has 0 spiro atoms. The minimum absolute atomic E-state index is 0.638. The average molecular weight is 361 g/mol. The van der Waals surface area contributed by atoms with Gasteiger partial charge in [-0.3, -0.25) is 4.99 Å². The maximum absolute atomic E-state index is 5.46. The first-order valence-corrected chi connectivity index (χ1v) is 9.85. The molecule has 1 aliphatic rings. The summed E-state index contributed by atoms with van der Waals surface area (Å²) in [6, 6.07) is 6.96. The molecule has 26 heavy (non-hydrogen) atoms. The molecule has 1 heterocycles. The molecule has 0 amide bonds. The molecule has 0 bridgehead atoms. The van der Waals surface area contributed by atoms with Gasteiger partial charge >= 0.3 is 0 Å². The number of aryl methyl sites for hydroxylation is 1. The number of guanidine groups is 1. The molecule has 1 aromatic rings. The SMILES string of the molecule is CN=C(NCCc1cc(C)ccc1OC)NCC1CCCN(C(C)C)C1. The van der Waals surface area contributed by atoms with Gasteiger partial charge in [0.2, 0.25) is 0 Å². The zero-order chi connectivity index (χ0) is 18.9. The first-order chi connectivity index (χ1) is 12.5. The van der Waals surface area contributed by atoms with Crippen LogP contribution in [-0.2, 0) is 6.42 Å². The second kappa shape index (κ2) is 10.4. The minimum atomic E-state index is 0.638. The molecule has 0 saturated carbocycles. The molecule has 0 aromatic heterocycles. The Bertz CT molecular complexity index is 585. The van der Waals surface area contributed by atoms with Crippen LogP contribution in [-0.4, -0.2) is 57.2 Å². The standard InChI is InChI=1S/C21H36N4O/c1-16(2)25-12-6-7-18(15-25)14-24-21(22-4)23-11-10-19-13-17(3)8-9-20(19)26-5/h8-9,13,16,18H,6-7,10-12,14-15H2,1-5H3,(H2,22,23,24). The summed E-state index contributed by atoms with van der Waals surface area (Å²) < 4.78 is 5.46. The summed E-state index contributed by atoms with van der Waals surface area (Å²) in [5, 5.41) is 6.94. The van der Waals surface area contributed by atoms with Crippen LogP contribution in [0.3, 0.4) is 0 Å². The van der Waals surface area contributed by atoms with Gasteiger partial charge in [0.15, 0.2) is 5.96 Å². The first kappa shape index (κ1) is 20.6. The Morgan fingerprint density at radius 1 is 1.35 bits per heavy atom. The number of likely N-dealkylation sites (tertiary alicyclic amines) is 1. The molecule has 2 N–H and O–H groups in total. The fourth-order valence-electron chi connectivity index (χ4n) is 3.61.